The molecule has 0 bridgehead atoms. The maximum Gasteiger partial charge on any atom is 0.234 e. The Morgan fingerprint density at radius 1 is 1.36 bits per heavy atom. The number of amides is 1. The van der Waals surface area contributed by atoms with Crippen molar-refractivity contribution in [3.05, 3.63) is 28.7 Å². The number of benzene rings is 1. The molecule has 0 aliphatic heterocycles. The molecule has 1 amide bonds. The quantitative estimate of drug-likeness (QED) is 0.804. The standard InChI is InChI=1S/C14H16BrN5OS/c15-11-7-3-4-8-12(11)16-13(21)9-22-14-17-18-19-20(14)10-5-1-2-6-10/h3-4,7-8,10H,1-2,5-6,9H2,(H,16,21). The summed E-state index contributed by atoms with van der Waals surface area (Å²) in [6.45, 7) is 0. The number of hydrogen-bond donors (Lipinski definition) is 1. The SMILES string of the molecule is O=C(CSc1nnnn1C1CCCC1)Nc1ccccc1Br. The van der Waals surface area contributed by atoms with Crippen LogP contribution < -0.4 is 5.32 Å². The van der Waals surface area contributed by atoms with Crippen LogP contribution in [0.25, 0.3) is 0 Å². The third kappa shape index (κ3) is 3.67. The van der Waals surface area contributed by atoms with E-state index in [0.29, 0.717) is 11.2 Å². The van der Waals surface area contributed by atoms with Crippen molar-refractivity contribution in [1.82, 2.24) is 20.2 Å². The number of nitrogens with one attached hydrogen (secondary N) is 1. The van der Waals surface area contributed by atoms with E-state index in [1.54, 1.807) is 0 Å². The molecule has 1 aliphatic rings. The highest BCUT2D eigenvalue weighted by molar-refractivity contribution is 9.10. The minimum Gasteiger partial charge on any atom is -0.324 e. The first kappa shape index (κ1) is 15.5. The summed E-state index contributed by atoms with van der Waals surface area (Å²) in [4.78, 5) is 12.1. The Labute approximate surface area is 141 Å². The Kier molecular flexibility index (Phi) is 5.09. The van der Waals surface area contributed by atoms with E-state index < -0.39 is 0 Å². The lowest BCUT2D eigenvalue weighted by Gasteiger charge is -2.11. The number of rotatable bonds is 5. The second-order valence-electron chi connectivity index (χ2n) is 5.16. The van der Waals surface area contributed by atoms with Gasteiger partial charge >= 0.3 is 0 Å². The van der Waals surface area contributed by atoms with Gasteiger partial charge in [-0.25, -0.2) is 4.68 Å². The lowest BCUT2D eigenvalue weighted by atomic mass is 10.3. The van der Waals surface area contributed by atoms with Crippen molar-refractivity contribution in [2.75, 3.05) is 11.1 Å². The molecule has 0 unspecified atom stereocenters. The van der Waals surface area contributed by atoms with Crippen molar-refractivity contribution < 1.29 is 4.79 Å². The summed E-state index contributed by atoms with van der Waals surface area (Å²) >= 11 is 4.79. The summed E-state index contributed by atoms with van der Waals surface area (Å²) in [5.41, 5.74) is 0.767. The van der Waals surface area contributed by atoms with Crippen LogP contribution in [0.2, 0.25) is 0 Å². The van der Waals surface area contributed by atoms with Gasteiger partial charge in [-0.15, -0.1) is 5.10 Å². The van der Waals surface area contributed by atoms with Gasteiger partial charge in [0.1, 0.15) is 0 Å². The molecule has 22 heavy (non-hydrogen) atoms. The van der Waals surface area contributed by atoms with Crippen LogP contribution in [0.1, 0.15) is 31.7 Å². The first-order chi connectivity index (χ1) is 10.7. The van der Waals surface area contributed by atoms with Crippen molar-refractivity contribution in [1.29, 1.82) is 0 Å². The highest BCUT2D eigenvalue weighted by Crippen LogP contribution is 2.31. The largest absolute Gasteiger partial charge is 0.324 e. The Morgan fingerprint density at radius 2 is 2.14 bits per heavy atom. The monoisotopic (exact) mass is 381 g/mol. The highest BCUT2D eigenvalue weighted by atomic mass is 79.9. The molecular formula is C14H16BrN5OS. The second-order valence-corrected chi connectivity index (χ2v) is 6.96. The number of hydrogen-bond acceptors (Lipinski definition) is 5. The molecule has 0 saturated heterocycles. The number of aromatic nitrogens is 4. The van der Waals surface area contributed by atoms with Crippen molar-refractivity contribution >= 4 is 39.3 Å². The Bertz CT molecular complexity index is 656. The zero-order valence-electron chi connectivity index (χ0n) is 11.9. The van der Waals surface area contributed by atoms with Crippen molar-refractivity contribution in [2.45, 2.75) is 36.9 Å². The predicted octanol–water partition coefficient (Wildman–Crippen LogP) is 3.28. The maximum atomic E-state index is 12.1. The number of para-hydroxylation sites is 1. The molecule has 1 aromatic carbocycles. The summed E-state index contributed by atoms with van der Waals surface area (Å²) in [5, 5.41) is 15.4. The fourth-order valence-electron chi connectivity index (χ4n) is 2.54. The molecule has 1 fully saturated rings. The molecule has 0 atom stereocenters. The van der Waals surface area contributed by atoms with Crippen LogP contribution in [0.3, 0.4) is 0 Å². The summed E-state index contributed by atoms with van der Waals surface area (Å²) in [5.74, 6) is 0.215. The molecule has 2 aromatic rings. The Hall–Kier alpha value is -1.41. The van der Waals surface area contributed by atoms with Gasteiger partial charge in [0.25, 0.3) is 0 Å². The summed E-state index contributed by atoms with van der Waals surface area (Å²) < 4.78 is 2.73. The van der Waals surface area contributed by atoms with Crippen LogP contribution in [0.5, 0.6) is 0 Å². The lowest BCUT2D eigenvalue weighted by molar-refractivity contribution is -0.113. The summed E-state index contributed by atoms with van der Waals surface area (Å²) in [6.07, 6.45) is 4.66. The van der Waals surface area contributed by atoms with Crippen LogP contribution >= 0.6 is 27.7 Å². The van der Waals surface area contributed by atoms with Gasteiger partial charge in [-0.1, -0.05) is 36.7 Å². The molecule has 1 N–H and O–H groups in total. The number of carbonyl (C=O) groups excluding carboxylic acids is 1. The van der Waals surface area contributed by atoms with E-state index in [1.165, 1.54) is 24.6 Å². The Morgan fingerprint density at radius 3 is 2.91 bits per heavy atom. The van der Waals surface area contributed by atoms with Crippen molar-refractivity contribution in [3.63, 3.8) is 0 Å². The molecule has 116 valence electrons. The van der Waals surface area contributed by atoms with E-state index in [4.69, 9.17) is 0 Å². The van der Waals surface area contributed by atoms with E-state index in [9.17, 15) is 4.79 Å². The molecule has 1 aromatic heterocycles. The second kappa shape index (κ2) is 7.23. The van der Waals surface area contributed by atoms with Gasteiger partial charge in [0.2, 0.25) is 11.1 Å². The highest BCUT2D eigenvalue weighted by Gasteiger charge is 2.22. The molecule has 0 spiro atoms. The first-order valence-corrected chi connectivity index (χ1v) is 8.97. The minimum absolute atomic E-state index is 0.0714. The zero-order valence-corrected chi connectivity index (χ0v) is 14.3. The molecular weight excluding hydrogens is 366 g/mol. The maximum absolute atomic E-state index is 12.1. The van der Waals surface area contributed by atoms with E-state index in [0.717, 1.165) is 23.0 Å². The van der Waals surface area contributed by atoms with Gasteiger partial charge in [0.05, 0.1) is 17.5 Å². The topological polar surface area (TPSA) is 72.7 Å². The Balaban J connectivity index is 1.57. The number of carbonyl (C=O) groups is 1. The number of thioether (sulfide) groups is 1. The fraction of sp³-hybridized carbons (Fsp3) is 0.429. The van der Waals surface area contributed by atoms with Gasteiger partial charge in [-0.2, -0.15) is 0 Å². The minimum atomic E-state index is -0.0714. The van der Waals surface area contributed by atoms with Gasteiger partial charge in [-0.05, 0) is 51.3 Å². The third-order valence-electron chi connectivity index (χ3n) is 3.61. The molecule has 8 heteroatoms. The third-order valence-corrected chi connectivity index (χ3v) is 5.24. The summed E-state index contributed by atoms with van der Waals surface area (Å²) in [6, 6.07) is 7.92. The van der Waals surface area contributed by atoms with E-state index in [1.807, 2.05) is 28.9 Å². The molecule has 0 radical (unpaired) electrons. The van der Waals surface area contributed by atoms with Gasteiger partial charge in [-0.3, -0.25) is 4.79 Å². The predicted molar refractivity (Wildman–Crippen MR) is 88.8 cm³/mol. The number of nitrogens with zero attached hydrogens (tertiary/aromatic N) is 4. The molecule has 1 heterocycles. The first-order valence-electron chi connectivity index (χ1n) is 7.19. The molecule has 1 saturated carbocycles. The van der Waals surface area contributed by atoms with Gasteiger partial charge in [0, 0.05) is 4.47 Å². The number of anilines is 1. The van der Waals surface area contributed by atoms with Crippen LogP contribution in [0.4, 0.5) is 5.69 Å². The van der Waals surface area contributed by atoms with Crippen LogP contribution in [0, 0.1) is 0 Å². The van der Waals surface area contributed by atoms with Crippen molar-refractivity contribution in [3.8, 4) is 0 Å². The zero-order chi connectivity index (χ0) is 15.4. The number of tetrazole rings is 1. The lowest BCUT2D eigenvalue weighted by Crippen LogP contribution is -2.15. The molecule has 1 aliphatic carbocycles. The molecule has 3 rings (SSSR count). The van der Waals surface area contributed by atoms with Gasteiger partial charge < -0.3 is 5.32 Å². The van der Waals surface area contributed by atoms with Gasteiger partial charge in [0.15, 0.2) is 0 Å². The van der Waals surface area contributed by atoms with E-state index in [-0.39, 0.29) is 11.7 Å². The smallest absolute Gasteiger partial charge is 0.234 e. The summed E-state index contributed by atoms with van der Waals surface area (Å²) in [7, 11) is 0. The normalized spacial score (nSPS) is 15.1. The molecule has 6 nitrogen and oxygen atoms in total. The average Bonchev–Trinajstić information content (AvgIpc) is 3.18. The van der Waals surface area contributed by atoms with Crippen LogP contribution in [-0.2, 0) is 4.79 Å². The fourth-order valence-corrected chi connectivity index (χ4v) is 3.67. The van der Waals surface area contributed by atoms with Crippen molar-refractivity contribution in [2.24, 2.45) is 0 Å². The van der Waals surface area contributed by atoms with Crippen LogP contribution in [-0.4, -0.2) is 31.9 Å². The van der Waals surface area contributed by atoms with Crippen LogP contribution in [0.15, 0.2) is 33.9 Å². The van der Waals surface area contributed by atoms with E-state index >= 15 is 0 Å². The number of halogens is 1. The van der Waals surface area contributed by atoms with E-state index in [2.05, 4.69) is 36.8 Å². The average molecular weight is 382 g/mol.